The lowest BCUT2D eigenvalue weighted by Gasteiger charge is -2.22. The first-order valence-electron chi connectivity index (χ1n) is 6.92. The number of methoxy groups -OCH3 is 1. The van der Waals surface area contributed by atoms with Gasteiger partial charge in [-0.15, -0.1) is 0 Å². The number of anilines is 1. The second-order valence-corrected chi connectivity index (χ2v) is 7.15. The van der Waals surface area contributed by atoms with Crippen molar-refractivity contribution in [1.29, 1.82) is 0 Å². The minimum atomic E-state index is -3.47. The molecule has 1 saturated carbocycles. The van der Waals surface area contributed by atoms with Gasteiger partial charge in [-0.25, -0.2) is 8.42 Å². The number of hydrogen-bond acceptors (Lipinski definition) is 4. The van der Waals surface area contributed by atoms with Gasteiger partial charge in [-0.05, 0) is 43.4 Å². The van der Waals surface area contributed by atoms with Crippen LogP contribution in [0.25, 0.3) is 0 Å². The first-order valence-corrected chi connectivity index (χ1v) is 8.36. The van der Waals surface area contributed by atoms with Gasteiger partial charge in [0.1, 0.15) is 5.75 Å². The Kier molecular flexibility index (Phi) is 4.55. The topological polar surface area (TPSA) is 72.6 Å². The molecule has 1 aliphatic rings. The summed E-state index contributed by atoms with van der Waals surface area (Å²) in [4.78, 5) is 0.241. The van der Waals surface area contributed by atoms with Crippen molar-refractivity contribution in [2.75, 3.05) is 25.9 Å². The lowest BCUT2D eigenvalue weighted by Crippen LogP contribution is -2.33. The Morgan fingerprint density at radius 1 is 1.40 bits per heavy atom. The highest BCUT2D eigenvalue weighted by Crippen LogP contribution is 2.32. The summed E-state index contributed by atoms with van der Waals surface area (Å²) >= 11 is 0. The lowest BCUT2D eigenvalue weighted by molar-refractivity contribution is 0.395. The average Bonchev–Trinajstić information content (AvgIpc) is 3.22. The fourth-order valence-electron chi connectivity index (χ4n) is 2.17. The first kappa shape index (κ1) is 15.1. The number of hydrogen-bond donors (Lipinski definition) is 1. The number of sulfonamides is 1. The number of benzene rings is 1. The third-order valence-electron chi connectivity index (χ3n) is 3.47. The van der Waals surface area contributed by atoms with E-state index in [4.69, 9.17) is 10.5 Å². The van der Waals surface area contributed by atoms with Crippen LogP contribution in [0.15, 0.2) is 23.1 Å². The minimum absolute atomic E-state index is 0.241. The zero-order chi connectivity index (χ0) is 14.8. The van der Waals surface area contributed by atoms with Gasteiger partial charge in [-0.3, -0.25) is 0 Å². The maximum absolute atomic E-state index is 12.7. The van der Waals surface area contributed by atoms with Gasteiger partial charge in [-0.1, -0.05) is 6.92 Å². The molecule has 0 spiro atoms. The predicted molar refractivity (Wildman–Crippen MR) is 79.2 cm³/mol. The van der Waals surface area contributed by atoms with Crippen LogP contribution >= 0.6 is 0 Å². The van der Waals surface area contributed by atoms with E-state index in [0.29, 0.717) is 30.4 Å². The highest BCUT2D eigenvalue weighted by Gasteiger charge is 2.31. The summed E-state index contributed by atoms with van der Waals surface area (Å²) in [6, 6.07) is 4.63. The molecule has 0 atom stereocenters. The lowest BCUT2D eigenvalue weighted by atomic mass is 10.3. The van der Waals surface area contributed by atoms with Crippen molar-refractivity contribution < 1.29 is 13.2 Å². The van der Waals surface area contributed by atoms with Crippen LogP contribution in [-0.2, 0) is 10.0 Å². The molecule has 20 heavy (non-hydrogen) atoms. The normalized spacial score (nSPS) is 15.6. The van der Waals surface area contributed by atoms with Crippen molar-refractivity contribution in [3.8, 4) is 5.75 Å². The van der Waals surface area contributed by atoms with E-state index in [2.05, 4.69) is 0 Å². The van der Waals surface area contributed by atoms with Gasteiger partial charge >= 0.3 is 0 Å². The van der Waals surface area contributed by atoms with Crippen LogP contribution in [0.1, 0.15) is 26.2 Å². The predicted octanol–water partition coefficient (Wildman–Crippen LogP) is 2.09. The van der Waals surface area contributed by atoms with Gasteiger partial charge in [0, 0.05) is 13.1 Å². The van der Waals surface area contributed by atoms with E-state index in [0.717, 1.165) is 19.3 Å². The summed E-state index contributed by atoms with van der Waals surface area (Å²) in [6.45, 7) is 3.14. The van der Waals surface area contributed by atoms with Crippen LogP contribution in [-0.4, -0.2) is 32.9 Å². The van der Waals surface area contributed by atoms with Crippen LogP contribution in [0.5, 0.6) is 5.75 Å². The smallest absolute Gasteiger partial charge is 0.243 e. The monoisotopic (exact) mass is 298 g/mol. The number of rotatable bonds is 7. The van der Waals surface area contributed by atoms with Gasteiger partial charge in [0.05, 0.1) is 17.7 Å². The third-order valence-corrected chi connectivity index (χ3v) is 5.33. The first-order chi connectivity index (χ1) is 9.48. The van der Waals surface area contributed by atoms with Crippen LogP contribution in [0, 0.1) is 5.92 Å². The fourth-order valence-corrected chi connectivity index (χ4v) is 3.81. The van der Waals surface area contributed by atoms with E-state index < -0.39 is 10.0 Å². The summed E-state index contributed by atoms with van der Waals surface area (Å²) in [6.07, 6.45) is 3.05. The highest BCUT2D eigenvalue weighted by atomic mass is 32.2. The molecule has 0 unspecified atom stereocenters. The minimum Gasteiger partial charge on any atom is -0.495 e. The second-order valence-electron chi connectivity index (χ2n) is 5.21. The summed E-state index contributed by atoms with van der Waals surface area (Å²) in [7, 11) is -1.96. The molecule has 0 aromatic heterocycles. The molecule has 0 aliphatic heterocycles. The Labute approximate surface area is 120 Å². The van der Waals surface area contributed by atoms with E-state index in [9.17, 15) is 8.42 Å². The zero-order valence-corrected chi connectivity index (χ0v) is 12.8. The quantitative estimate of drug-likeness (QED) is 0.782. The van der Waals surface area contributed by atoms with E-state index >= 15 is 0 Å². The average molecular weight is 298 g/mol. The molecule has 0 bridgehead atoms. The molecule has 1 fully saturated rings. The molecule has 112 valence electrons. The van der Waals surface area contributed by atoms with Crippen LogP contribution in [0.2, 0.25) is 0 Å². The molecule has 0 amide bonds. The van der Waals surface area contributed by atoms with Crippen LogP contribution < -0.4 is 10.5 Å². The van der Waals surface area contributed by atoms with Crippen molar-refractivity contribution >= 4 is 15.7 Å². The van der Waals surface area contributed by atoms with Gasteiger partial charge in [0.2, 0.25) is 10.0 Å². The Morgan fingerprint density at radius 3 is 2.60 bits per heavy atom. The van der Waals surface area contributed by atoms with Gasteiger partial charge in [-0.2, -0.15) is 4.31 Å². The number of nitrogens with two attached hydrogens (primary N) is 1. The second kappa shape index (κ2) is 6.01. The third kappa shape index (κ3) is 3.24. The van der Waals surface area contributed by atoms with Crippen LogP contribution in [0.4, 0.5) is 5.69 Å². The van der Waals surface area contributed by atoms with E-state index in [1.54, 1.807) is 16.4 Å². The van der Waals surface area contributed by atoms with E-state index in [1.165, 1.54) is 13.2 Å². The SMILES string of the molecule is CCCN(CC1CC1)S(=O)(=O)c1ccc(OC)c(N)c1. The van der Waals surface area contributed by atoms with Crippen LogP contribution in [0.3, 0.4) is 0 Å². The summed E-state index contributed by atoms with van der Waals surface area (Å²) in [5.41, 5.74) is 6.15. The Balaban J connectivity index is 2.28. The maximum atomic E-state index is 12.7. The molecule has 0 saturated heterocycles. The molecule has 2 N–H and O–H groups in total. The van der Waals surface area contributed by atoms with Gasteiger partial charge in [0.25, 0.3) is 0 Å². The number of ether oxygens (including phenoxy) is 1. The van der Waals surface area contributed by atoms with E-state index in [1.807, 2.05) is 6.92 Å². The molecule has 5 nitrogen and oxygen atoms in total. The molecule has 2 rings (SSSR count). The molecule has 1 aliphatic carbocycles. The molecule has 1 aromatic rings. The number of nitrogens with zero attached hydrogens (tertiary/aromatic N) is 1. The zero-order valence-electron chi connectivity index (χ0n) is 12.0. The number of nitrogen functional groups attached to an aromatic ring is 1. The molecule has 6 heteroatoms. The van der Waals surface area contributed by atoms with Gasteiger partial charge < -0.3 is 10.5 Å². The standard InChI is InChI=1S/C14H22N2O3S/c1-3-8-16(10-11-4-5-11)20(17,18)12-6-7-14(19-2)13(15)9-12/h6-7,9,11H,3-5,8,10,15H2,1-2H3. The van der Waals surface area contributed by atoms with Crippen molar-refractivity contribution in [3.05, 3.63) is 18.2 Å². The van der Waals surface area contributed by atoms with Gasteiger partial charge in [0.15, 0.2) is 0 Å². The largest absolute Gasteiger partial charge is 0.495 e. The van der Waals surface area contributed by atoms with Crippen molar-refractivity contribution in [2.45, 2.75) is 31.1 Å². The summed E-state index contributed by atoms with van der Waals surface area (Å²) in [5.74, 6) is 1.01. The highest BCUT2D eigenvalue weighted by molar-refractivity contribution is 7.89. The molecular formula is C14H22N2O3S. The van der Waals surface area contributed by atoms with E-state index in [-0.39, 0.29) is 4.90 Å². The molecule has 1 aromatic carbocycles. The Hall–Kier alpha value is -1.27. The fraction of sp³-hybridized carbons (Fsp3) is 0.571. The Morgan fingerprint density at radius 2 is 2.10 bits per heavy atom. The molecule has 0 radical (unpaired) electrons. The summed E-state index contributed by atoms with van der Waals surface area (Å²) < 4.78 is 32.0. The van der Waals surface area contributed by atoms with Crippen molar-refractivity contribution in [1.82, 2.24) is 4.31 Å². The Bertz CT molecular complexity index is 568. The molecule has 0 heterocycles. The van der Waals surface area contributed by atoms with Crippen molar-refractivity contribution in [3.63, 3.8) is 0 Å². The van der Waals surface area contributed by atoms with Crippen molar-refractivity contribution in [2.24, 2.45) is 5.92 Å². The maximum Gasteiger partial charge on any atom is 0.243 e. The summed E-state index contributed by atoms with van der Waals surface area (Å²) in [5, 5.41) is 0. The molecular weight excluding hydrogens is 276 g/mol.